The third kappa shape index (κ3) is 2.98. The largest absolute Gasteiger partial charge is 0.342 e. The SMILES string of the molecule is CCC1(CC)NC(=O)CCN(c2cc(Br)ccc2C)C1=O. The van der Waals surface area contributed by atoms with Crippen LogP contribution < -0.4 is 10.2 Å². The number of halogens is 1. The van der Waals surface area contributed by atoms with Crippen molar-refractivity contribution < 1.29 is 9.59 Å². The zero-order valence-corrected chi connectivity index (χ0v) is 14.3. The molecule has 0 saturated carbocycles. The fourth-order valence-electron chi connectivity index (χ4n) is 2.79. The summed E-state index contributed by atoms with van der Waals surface area (Å²) in [4.78, 5) is 26.8. The third-order valence-corrected chi connectivity index (χ3v) is 4.76. The van der Waals surface area contributed by atoms with Crippen molar-refractivity contribution in [1.82, 2.24) is 5.32 Å². The van der Waals surface area contributed by atoms with Gasteiger partial charge < -0.3 is 10.2 Å². The van der Waals surface area contributed by atoms with Gasteiger partial charge in [-0.3, -0.25) is 9.59 Å². The molecule has 2 amide bonds. The molecule has 0 bridgehead atoms. The fraction of sp³-hybridized carbons (Fsp3) is 0.500. The summed E-state index contributed by atoms with van der Waals surface area (Å²) in [7, 11) is 0. The number of carbonyl (C=O) groups is 2. The van der Waals surface area contributed by atoms with E-state index in [1.807, 2.05) is 39.0 Å². The smallest absolute Gasteiger partial charge is 0.252 e. The minimum atomic E-state index is -0.789. The van der Waals surface area contributed by atoms with E-state index in [-0.39, 0.29) is 11.8 Å². The highest BCUT2D eigenvalue weighted by molar-refractivity contribution is 9.10. The first-order chi connectivity index (χ1) is 9.93. The molecule has 1 fully saturated rings. The molecule has 4 nitrogen and oxygen atoms in total. The molecule has 5 heteroatoms. The molecule has 1 aromatic carbocycles. The van der Waals surface area contributed by atoms with Crippen molar-refractivity contribution in [3.05, 3.63) is 28.2 Å². The first kappa shape index (κ1) is 16.0. The summed E-state index contributed by atoms with van der Waals surface area (Å²) < 4.78 is 0.929. The van der Waals surface area contributed by atoms with Crippen LogP contribution in [-0.2, 0) is 9.59 Å². The normalized spacial score (nSPS) is 18.4. The Hall–Kier alpha value is -1.36. The van der Waals surface area contributed by atoms with Crippen molar-refractivity contribution in [1.29, 1.82) is 0 Å². The molecule has 21 heavy (non-hydrogen) atoms. The van der Waals surface area contributed by atoms with Gasteiger partial charge in [-0.25, -0.2) is 0 Å². The van der Waals surface area contributed by atoms with Crippen LogP contribution in [0.5, 0.6) is 0 Å². The van der Waals surface area contributed by atoms with Gasteiger partial charge in [0.15, 0.2) is 0 Å². The molecule has 0 atom stereocenters. The van der Waals surface area contributed by atoms with Crippen LogP contribution in [0.1, 0.15) is 38.7 Å². The Morgan fingerprint density at radius 3 is 2.57 bits per heavy atom. The van der Waals surface area contributed by atoms with E-state index in [2.05, 4.69) is 21.2 Å². The topological polar surface area (TPSA) is 49.4 Å². The van der Waals surface area contributed by atoms with Crippen molar-refractivity contribution in [2.75, 3.05) is 11.4 Å². The molecule has 0 aliphatic carbocycles. The summed E-state index contributed by atoms with van der Waals surface area (Å²) in [5.74, 6) is -0.0678. The van der Waals surface area contributed by atoms with Crippen LogP contribution in [0.15, 0.2) is 22.7 Å². The lowest BCUT2D eigenvalue weighted by Crippen LogP contribution is -2.56. The van der Waals surface area contributed by atoms with E-state index < -0.39 is 5.54 Å². The van der Waals surface area contributed by atoms with Crippen LogP contribution in [0.2, 0.25) is 0 Å². The van der Waals surface area contributed by atoms with Crippen LogP contribution in [-0.4, -0.2) is 23.9 Å². The zero-order valence-electron chi connectivity index (χ0n) is 12.7. The summed E-state index contributed by atoms with van der Waals surface area (Å²) in [5.41, 5.74) is 1.11. The summed E-state index contributed by atoms with van der Waals surface area (Å²) in [6, 6.07) is 5.88. The van der Waals surface area contributed by atoms with Gasteiger partial charge in [-0.1, -0.05) is 35.8 Å². The van der Waals surface area contributed by atoms with Gasteiger partial charge in [0.25, 0.3) is 5.91 Å². The summed E-state index contributed by atoms with van der Waals surface area (Å²) in [5, 5.41) is 2.93. The minimum Gasteiger partial charge on any atom is -0.342 e. The van der Waals surface area contributed by atoms with Gasteiger partial charge in [0.2, 0.25) is 5.91 Å². The molecule has 114 valence electrons. The molecular formula is C16H21BrN2O2. The molecule has 2 rings (SSSR count). The minimum absolute atomic E-state index is 0.0143. The van der Waals surface area contributed by atoms with Crippen LogP contribution in [0, 0.1) is 6.92 Å². The Bertz CT molecular complexity index is 567. The number of aryl methyl sites for hydroxylation is 1. The average molecular weight is 353 g/mol. The fourth-order valence-corrected chi connectivity index (χ4v) is 3.14. The lowest BCUT2D eigenvalue weighted by molar-refractivity contribution is -0.130. The molecule has 0 spiro atoms. The van der Waals surface area contributed by atoms with E-state index >= 15 is 0 Å². The number of nitrogens with one attached hydrogen (secondary N) is 1. The van der Waals surface area contributed by atoms with Crippen LogP contribution in [0.4, 0.5) is 5.69 Å². The Morgan fingerprint density at radius 2 is 1.95 bits per heavy atom. The maximum atomic E-state index is 13.0. The molecule has 1 aromatic rings. The van der Waals surface area contributed by atoms with Gasteiger partial charge in [-0.05, 0) is 37.5 Å². The number of carbonyl (C=O) groups excluding carboxylic acids is 2. The third-order valence-electron chi connectivity index (χ3n) is 4.26. The first-order valence-electron chi connectivity index (χ1n) is 7.32. The monoisotopic (exact) mass is 352 g/mol. The quantitative estimate of drug-likeness (QED) is 0.908. The highest BCUT2D eigenvalue weighted by Gasteiger charge is 2.42. The molecule has 0 radical (unpaired) electrons. The second-order valence-corrected chi connectivity index (χ2v) is 6.39. The molecule has 0 aromatic heterocycles. The number of nitrogens with zero attached hydrogens (tertiary/aromatic N) is 1. The Balaban J connectivity index is 2.49. The van der Waals surface area contributed by atoms with Gasteiger partial charge in [0.1, 0.15) is 5.54 Å². The van der Waals surface area contributed by atoms with E-state index in [1.165, 1.54) is 0 Å². The second-order valence-electron chi connectivity index (χ2n) is 5.47. The van der Waals surface area contributed by atoms with Gasteiger partial charge in [0.05, 0.1) is 0 Å². The number of amides is 2. The van der Waals surface area contributed by atoms with Crippen molar-refractivity contribution in [2.45, 2.75) is 45.6 Å². The van der Waals surface area contributed by atoms with Gasteiger partial charge in [0, 0.05) is 23.1 Å². The maximum absolute atomic E-state index is 13.0. The highest BCUT2D eigenvalue weighted by atomic mass is 79.9. The van der Waals surface area contributed by atoms with Crippen LogP contribution in [0.25, 0.3) is 0 Å². The van der Waals surface area contributed by atoms with Crippen LogP contribution in [0.3, 0.4) is 0 Å². The van der Waals surface area contributed by atoms with E-state index in [0.29, 0.717) is 25.8 Å². The first-order valence-corrected chi connectivity index (χ1v) is 8.12. The Morgan fingerprint density at radius 1 is 1.29 bits per heavy atom. The van der Waals surface area contributed by atoms with Crippen LogP contribution >= 0.6 is 15.9 Å². The standard InChI is InChI=1S/C16H21BrN2O2/c1-4-16(5-2)15(21)19(9-8-14(20)18-16)13-10-12(17)7-6-11(13)3/h6-7,10H,4-5,8-9H2,1-3H3,(H,18,20). The molecule has 0 unspecified atom stereocenters. The van der Waals surface area contributed by atoms with E-state index in [1.54, 1.807) is 4.90 Å². The summed E-state index contributed by atoms with van der Waals surface area (Å²) in [6.07, 6.45) is 1.52. The number of hydrogen-bond donors (Lipinski definition) is 1. The lowest BCUT2D eigenvalue weighted by Gasteiger charge is -2.34. The molecule has 1 aliphatic heterocycles. The van der Waals surface area contributed by atoms with E-state index in [4.69, 9.17) is 0 Å². The molecule has 1 saturated heterocycles. The van der Waals surface area contributed by atoms with E-state index in [9.17, 15) is 9.59 Å². The Kier molecular flexibility index (Phi) is 4.71. The van der Waals surface area contributed by atoms with Crippen molar-refractivity contribution in [3.8, 4) is 0 Å². The number of hydrogen-bond acceptors (Lipinski definition) is 2. The molecule has 1 aliphatic rings. The number of benzene rings is 1. The van der Waals surface area contributed by atoms with Gasteiger partial charge in [-0.15, -0.1) is 0 Å². The molecule has 1 heterocycles. The van der Waals surface area contributed by atoms with Gasteiger partial charge in [-0.2, -0.15) is 0 Å². The highest BCUT2D eigenvalue weighted by Crippen LogP contribution is 2.30. The molecular weight excluding hydrogens is 332 g/mol. The van der Waals surface area contributed by atoms with E-state index in [0.717, 1.165) is 15.7 Å². The zero-order chi connectivity index (χ0) is 15.6. The number of anilines is 1. The molecule has 1 N–H and O–H groups in total. The predicted octanol–water partition coefficient (Wildman–Crippen LogP) is 3.17. The van der Waals surface area contributed by atoms with Crippen molar-refractivity contribution >= 4 is 33.4 Å². The Labute approximate surface area is 134 Å². The average Bonchev–Trinajstić information content (AvgIpc) is 2.59. The maximum Gasteiger partial charge on any atom is 0.252 e. The summed E-state index contributed by atoms with van der Waals surface area (Å²) in [6.45, 7) is 6.29. The van der Waals surface area contributed by atoms with Crippen molar-refractivity contribution in [3.63, 3.8) is 0 Å². The van der Waals surface area contributed by atoms with Crippen molar-refractivity contribution in [2.24, 2.45) is 0 Å². The number of rotatable bonds is 3. The van der Waals surface area contributed by atoms with Gasteiger partial charge >= 0.3 is 0 Å². The predicted molar refractivity (Wildman–Crippen MR) is 87.3 cm³/mol. The second kappa shape index (κ2) is 6.18. The lowest BCUT2D eigenvalue weighted by atomic mass is 9.91. The summed E-state index contributed by atoms with van der Waals surface area (Å²) >= 11 is 3.46.